The van der Waals surface area contributed by atoms with E-state index >= 15 is 0 Å². The van der Waals surface area contributed by atoms with Gasteiger partial charge in [-0.2, -0.15) is 0 Å². The Morgan fingerprint density at radius 3 is 2.72 bits per heavy atom. The number of morpholine rings is 1. The number of aliphatic hydroxyl groups is 1. The zero-order valence-electron chi connectivity index (χ0n) is 24.0. The number of nitrogens with zero attached hydrogens (tertiary/aromatic N) is 5. The van der Waals surface area contributed by atoms with Gasteiger partial charge in [-0.15, -0.1) is 5.10 Å². The highest BCUT2D eigenvalue weighted by Gasteiger charge is 2.37. The molecular weight excluding hydrogens is 496 g/mol. The van der Waals surface area contributed by atoms with Gasteiger partial charge in [0.2, 0.25) is 0 Å². The molecule has 2 aliphatic heterocycles. The normalized spacial score (nSPS) is 21.3. The van der Waals surface area contributed by atoms with E-state index in [2.05, 4.69) is 34.4 Å². The third kappa shape index (κ3) is 7.43. The summed E-state index contributed by atoms with van der Waals surface area (Å²) in [4.78, 5) is 18.3. The molecule has 39 heavy (non-hydrogen) atoms. The zero-order chi connectivity index (χ0) is 27.8. The van der Waals surface area contributed by atoms with Crippen molar-refractivity contribution in [2.45, 2.75) is 58.7 Å². The highest BCUT2D eigenvalue weighted by Crippen LogP contribution is 2.26. The summed E-state index contributed by atoms with van der Waals surface area (Å²) in [6.07, 6.45) is 2.63. The van der Waals surface area contributed by atoms with Crippen LogP contribution < -0.4 is 5.32 Å². The Hall–Kier alpha value is -2.37. The van der Waals surface area contributed by atoms with Gasteiger partial charge >= 0.3 is 0 Å². The monoisotopic (exact) mass is 542 g/mol. The number of methoxy groups -OCH3 is 1. The van der Waals surface area contributed by atoms with Crippen LogP contribution in [0.3, 0.4) is 0 Å². The Morgan fingerprint density at radius 2 is 2.00 bits per heavy atom. The van der Waals surface area contributed by atoms with E-state index in [1.165, 1.54) is 0 Å². The fraction of sp³-hybridized carbons (Fsp3) is 0.690. The highest BCUT2D eigenvalue weighted by molar-refractivity contribution is 5.93. The lowest BCUT2D eigenvalue weighted by Gasteiger charge is -2.42. The molecule has 0 saturated carbocycles. The van der Waals surface area contributed by atoms with Crippen molar-refractivity contribution in [1.82, 2.24) is 30.1 Å². The Morgan fingerprint density at radius 1 is 1.23 bits per heavy atom. The van der Waals surface area contributed by atoms with Crippen molar-refractivity contribution in [1.29, 1.82) is 0 Å². The minimum atomic E-state index is -0.557. The number of aliphatic hydroxyl groups excluding tert-OH is 1. The molecule has 0 bridgehead atoms. The van der Waals surface area contributed by atoms with Crippen molar-refractivity contribution in [2.75, 3.05) is 59.7 Å². The summed E-state index contributed by atoms with van der Waals surface area (Å²) >= 11 is 0. The Balaban J connectivity index is 1.60. The van der Waals surface area contributed by atoms with Gasteiger partial charge in [-0.3, -0.25) is 9.69 Å². The van der Waals surface area contributed by atoms with Gasteiger partial charge in [0, 0.05) is 58.4 Å². The second-order valence-electron chi connectivity index (χ2n) is 11.3. The number of unbranched alkanes of at least 4 members (excludes halogenated alkanes) is 1. The number of benzene rings is 1. The van der Waals surface area contributed by atoms with Gasteiger partial charge < -0.3 is 24.8 Å². The first-order chi connectivity index (χ1) is 18.9. The van der Waals surface area contributed by atoms with Gasteiger partial charge in [0.1, 0.15) is 6.23 Å². The summed E-state index contributed by atoms with van der Waals surface area (Å²) in [5.41, 5.74) is 3.28. The van der Waals surface area contributed by atoms with Crippen LogP contribution in [-0.2, 0) is 15.9 Å². The number of aromatic nitrogens is 3. The molecule has 2 saturated heterocycles. The lowest BCUT2D eigenvalue weighted by molar-refractivity contribution is -0.0937. The molecule has 10 heteroatoms. The van der Waals surface area contributed by atoms with Crippen LogP contribution in [0.1, 0.15) is 54.9 Å². The fourth-order valence-corrected chi connectivity index (χ4v) is 5.71. The van der Waals surface area contributed by atoms with Crippen molar-refractivity contribution in [2.24, 2.45) is 11.8 Å². The standard InChI is InChI=1S/C29H46N6O4/c1-21(2)20-34(24-17-23(18-30-19-24)28(36)33-12-15-39-16-13-33)29(37)27-26(11-7-8-14-38-4)35(32-31-27)25-10-6-5-9-22(25)3/h5-6,9-10,21,23-24,28,30,36H,7-8,11-20H2,1-4H3/t23-,24+,28?/m1/s1. The molecule has 2 fully saturated rings. The molecule has 3 atom stereocenters. The van der Waals surface area contributed by atoms with Crippen molar-refractivity contribution >= 4 is 5.91 Å². The van der Waals surface area contributed by atoms with E-state index in [1.54, 1.807) is 7.11 Å². The van der Waals surface area contributed by atoms with Crippen LogP contribution in [-0.4, -0.2) is 108 Å². The second-order valence-corrected chi connectivity index (χ2v) is 11.3. The molecule has 2 aromatic rings. The van der Waals surface area contributed by atoms with Crippen LogP contribution in [0.5, 0.6) is 0 Å². The molecule has 1 unspecified atom stereocenters. The van der Waals surface area contributed by atoms with E-state index in [-0.39, 0.29) is 23.8 Å². The van der Waals surface area contributed by atoms with E-state index in [0.29, 0.717) is 45.0 Å². The molecule has 1 aromatic heterocycles. The number of para-hydroxylation sites is 1. The van der Waals surface area contributed by atoms with Gasteiger partial charge in [0.05, 0.1) is 24.6 Å². The molecule has 0 spiro atoms. The first kappa shape index (κ1) is 29.6. The minimum Gasteiger partial charge on any atom is -0.385 e. The average Bonchev–Trinajstić information content (AvgIpc) is 3.37. The average molecular weight is 543 g/mol. The van der Waals surface area contributed by atoms with Gasteiger partial charge in [0.25, 0.3) is 5.91 Å². The molecule has 0 radical (unpaired) electrons. The molecule has 4 rings (SSSR count). The quantitative estimate of drug-likeness (QED) is 0.394. The van der Waals surface area contributed by atoms with Crippen molar-refractivity contribution in [3.63, 3.8) is 0 Å². The van der Waals surface area contributed by atoms with E-state index in [4.69, 9.17) is 9.47 Å². The van der Waals surface area contributed by atoms with Crippen LogP contribution in [0.4, 0.5) is 0 Å². The number of hydrogen-bond donors (Lipinski definition) is 2. The smallest absolute Gasteiger partial charge is 0.276 e. The van der Waals surface area contributed by atoms with E-state index in [9.17, 15) is 9.90 Å². The van der Waals surface area contributed by atoms with E-state index < -0.39 is 6.23 Å². The topological polar surface area (TPSA) is 105 Å². The summed E-state index contributed by atoms with van der Waals surface area (Å²) in [6.45, 7) is 11.8. The number of carbonyl (C=O) groups is 1. The maximum Gasteiger partial charge on any atom is 0.276 e. The third-order valence-corrected chi connectivity index (χ3v) is 7.79. The maximum atomic E-state index is 14.3. The van der Waals surface area contributed by atoms with Crippen molar-refractivity contribution in [3.8, 4) is 5.69 Å². The number of hydrogen-bond acceptors (Lipinski definition) is 8. The molecule has 1 amide bonds. The number of rotatable bonds is 12. The number of aryl methyl sites for hydroxylation is 1. The number of ether oxygens (including phenoxy) is 2. The van der Waals surface area contributed by atoms with E-state index in [1.807, 2.05) is 40.8 Å². The van der Waals surface area contributed by atoms with Crippen LogP contribution in [0, 0.1) is 18.8 Å². The predicted octanol–water partition coefficient (Wildman–Crippen LogP) is 2.27. The SMILES string of the molecule is COCCCCc1c(C(=O)N(CC(C)C)[C@@H]2CNC[C@H](C(O)N3CCOCC3)C2)nnn1-c1ccccc1C. The fourth-order valence-electron chi connectivity index (χ4n) is 5.71. The van der Waals surface area contributed by atoms with Crippen molar-refractivity contribution in [3.05, 3.63) is 41.2 Å². The summed E-state index contributed by atoms with van der Waals surface area (Å²) in [6, 6.07) is 8.01. The summed E-state index contributed by atoms with van der Waals surface area (Å²) in [5, 5.41) is 23.6. The van der Waals surface area contributed by atoms with Crippen LogP contribution in [0.15, 0.2) is 24.3 Å². The molecular formula is C29H46N6O4. The largest absolute Gasteiger partial charge is 0.385 e. The molecule has 216 valence electrons. The van der Waals surface area contributed by atoms with Crippen LogP contribution in [0.2, 0.25) is 0 Å². The number of amides is 1. The Kier molecular flexibility index (Phi) is 10.9. The molecule has 2 N–H and O–H groups in total. The first-order valence-electron chi connectivity index (χ1n) is 14.4. The summed E-state index contributed by atoms with van der Waals surface area (Å²) in [7, 11) is 1.71. The second kappa shape index (κ2) is 14.3. The molecule has 0 aliphatic carbocycles. The van der Waals surface area contributed by atoms with Crippen LogP contribution >= 0.6 is 0 Å². The lowest BCUT2D eigenvalue weighted by atomic mass is 9.91. The molecule has 10 nitrogen and oxygen atoms in total. The van der Waals surface area contributed by atoms with Gasteiger partial charge in [-0.25, -0.2) is 4.68 Å². The summed E-state index contributed by atoms with van der Waals surface area (Å²) in [5.74, 6) is 0.231. The number of piperidine rings is 1. The highest BCUT2D eigenvalue weighted by atomic mass is 16.5. The maximum absolute atomic E-state index is 14.3. The first-order valence-corrected chi connectivity index (χ1v) is 14.4. The third-order valence-electron chi connectivity index (χ3n) is 7.79. The number of nitrogens with one attached hydrogen (secondary N) is 1. The van der Waals surface area contributed by atoms with Crippen LogP contribution in [0.25, 0.3) is 5.69 Å². The Labute approximate surface area is 232 Å². The molecule has 1 aromatic carbocycles. The summed E-state index contributed by atoms with van der Waals surface area (Å²) < 4.78 is 12.6. The van der Waals surface area contributed by atoms with Crippen molar-refractivity contribution < 1.29 is 19.4 Å². The minimum absolute atomic E-state index is 0.0282. The Bertz CT molecular complexity index is 1050. The van der Waals surface area contributed by atoms with E-state index in [0.717, 1.165) is 55.8 Å². The van der Waals surface area contributed by atoms with Gasteiger partial charge in [0.15, 0.2) is 5.69 Å². The number of carbonyl (C=O) groups excluding carboxylic acids is 1. The zero-order valence-corrected chi connectivity index (χ0v) is 24.0. The predicted molar refractivity (Wildman–Crippen MR) is 150 cm³/mol. The molecule has 3 heterocycles. The lowest BCUT2D eigenvalue weighted by Crippen LogP contribution is -2.57. The molecule has 2 aliphatic rings. The van der Waals surface area contributed by atoms with Gasteiger partial charge in [-0.1, -0.05) is 37.3 Å². The van der Waals surface area contributed by atoms with Gasteiger partial charge in [-0.05, 0) is 50.2 Å².